The first-order valence-electron chi connectivity index (χ1n) is 4.01. The zero-order chi connectivity index (χ0) is 9.10. The van der Waals surface area contributed by atoms with Crippen molar-refractivity contribution in [2.24, 2.45) is 0 Å². The Balaban J connectivity index is 2.21. The topological polar surface area (TPSA) is 15.3 Å². The van der Waals surface area contributed by atoms with Crippen LogP contribution in [0.1, 0.15) is 0 Å². The van der Waals surface area contributed by atoms with Gasteiger partial charge in [0.25, 0.3) is 0 Å². The van der Waals surface area contributed by atoms with Crippen LogP contribution in [0.3, 0.4) is 0 Å². The van der Waals surface area contributed by atoms with Crippen molar-refractivity contribution in [3.05, 3.63) is 53.8 Å². The maximum atomic E-state index is 5.82. The summed E-state index contributed by atoms with van der Waals surface area (Å²) in [5, 5.41) is 2.48. The summed E-state index contributed by atoms with van der Waals surface area (Å²) in [6.45, 7) is 0. The highest BCUT2D eigenvalue weighted by Crippen LogP contribution is 2.15. The number of hydrazine groups is 1. The average molecular weight is 193 g/mol. The summed E-state index contributed by atoms with van der Waals surface area (Å²) in [5.41, 5.74) is 4.07. The van der Waals surface area contributed by atoms with Crippen LogP contribution in [0.2, 0.25) is 0 Å². The molecule has 1 N–H and O–H groups in total. The van der Waals surface area contributed by atoms with Crippen LogP contribution in [0, 0.1) is 0 Å². The summed E-state index contributed by atoms with van der Waals surface area (Å²) in [7, 11) is 0. The molecule has 1 aromatic rings. The predicted octanol–water partition coefficient (Wildman–Crippen LogP) is 2.61. The van der Waals surface area contributed by atoms with Crippen LogP contribution in [0.25, 0.3) is 0 Å². The summed E-state index contributed by atoms with van der Waals surface area (Å²) in [6, 6.07) is 9.96. The summed E-state index contributed by atoms with van der Waals surface area (Å²) < 4.78 is 0. The molecule has 0 fully saturated rings. The lowest BCUT2D eigenvalue weighted by Crippen LogP contribution is -2.32. The number of para-hydroxylation sites is 1. The Kier molecular flexibility index (Phi) is 2.23. The predicted molar refractivity (Wildman–Crippen MR) is 55.1 cm³/mol. The third-order valence-electron chi connectivity index (χ3n) is 1.74. The van der Waals surface area contributed by atoms with E-state index >= 15 is 0 Å². The molecule has 2 rings (SSSR count). The number of nitrogens with zero attached hydrogens (tertiary/aromatic N) is 1. The average Bonchev–Trinajstić information content (AvgIpc) is 2.19. The van der Waals surface area contributed by atoms with Gasteiger partial charge in [0.2, 0.25) is 0 Å². The Morgan fingerprint density at radius 1 is 1.15 bits per heavy atom. The van der Waals surface area contributed by atoms with Crippen LogP contribution in [0.4, 0.5) is 5.69 Å². The van der Waals surface area contributed by atoms with Crippen molar-refractivity contribution in [1.82, 2.24) is 5.43 Å². The zero-order valence-corrected chi connectivity index (χ0v) is 7.70. The van der Waals surface area contributed by atoms with Gasteiger partial charge in [-0.3, -0.25) is 10.4 Å². The lowest BCUT2D eigenvalue weighted by molar-refractivity contribution is 0.851. The van der Waals surface area contributed by atoms with Crippen LogP contribution in [-0.2, 0) is 0 Å². The number of allylic oxidation sites excluding steroid dienone is 2. The zero-order valence-electron chi connectivity index (χ0n) is 6.94. The molecule has 1 aliphatic rings. The monoisotopic (exact) mass is 192 g/mol. The molecule has 66 valence electrons. The van der Waals surface area contributed by atoms with Gasteiger partial charge in [-0.05, 0) is 24.3 Å². The van der Waals surface area contributed by atoms with E-state index in [1.165, 1.54) is 0 Å². The number of anilines is 1. The van der Waals surface area contributed by atoms with E-state index in [2.05, 4.69) is 5.43 Å². The minimum absolute atomic E-state index is 0.617. The van der Waals surface area contributed by atoms with Gasteiger partial charge in [-0.25, -0.2) is 0 Å². The van der Waals surface area contributed by atoms with E-state index in [1.54, 1.807) is 6.08 Å². The van der Waals surface area contributed by atoms with Crippen LogP contribution in [0.15, 0.2) is 53.8 Å². The van der Waals surface area contributed by atoms with Gasteiger partial charge in [-0.15, -0.1) is 0 Å². The summed E-state index contributed by atoms with van der Waals surface area (Å²) >= 11 is 5.82. The van der Waals surface area contributed by atoms with E-state index in [0.29, 0.717) is 5.16 Å². The molecule has 1 aliphatic heterocycles. The first-order chi connectivity index (χ1) is 6.36. The molecule has 0 saturated carbocycles. The molecule has 1 heterocycles. The van der Waals surface area contributed by atoms with Gasteiger partial charge in [-0.1, -0.05) is 29.8 Å². The molecule has 0 atom stereocenters. The number of benzene rings is 1. The Labute approximate surface area is 82.1 Å². The molecule has 0 radical (unpaired) electrons. The van der Waals surface area contributed by atoms with E-state index in [9.17, 15) is 0 Å². The first kappa shape index (κ1) is 8.20. The van der Waals surface area contributed by atoms with Crippen molar-refractivity contribution in [3.63, 3.8) is 0 Å². The van der Waals surface area contributed by atoms with Crippen molar-refractivity contribution < 1.29 is 0 Å². The van der Waals surface area contributed by atoms with Gasteiger partial charge in [-0.2, -0.15) is 0 Å². The van der Waals surface area contributed by atoms with Gasteiger partial charge in [0.05, 0.1) is 5.69 Å². The summed E-state index contributed by atoms with van der Waals surface area (Å²) in [4.78, 5) is 0. The molecular weight excluding hydrogens is 184 g/mol. The van der Waals surface area contributed by atoms with E-state index < -0.39 is 0 Å². The van der Waals surface area contributed by atoms with Crippen molar-refractivity contribution in [2.45, 2.75) is 0 Å². The molecule has 3 heteroatoms. The van der Waals surface area contributed by atoms with E-state index in [1.807, 2.05) is 47.6 Å². The SMILES string of the molecule is ClC1=CC=CN(c2ccccc2)N1. The van der Waals surface area contributed by atoms with Crippen LogP contribution in [-0.4, -0.2) is 0 Å². The van der Waals surface area contributed by atoms with E-state index in [0.717, 1.165) is 5.69 Å². The Bertz CT molecular complexity index is 343. The first-order valence-corrected chi connectivity index (χ1v) is 4.39. The van der Waals surface area contributed by atoms with Crippen molar-refractivity contribution in [1.29, 1.82) is 0 Å². The number of nitrogens with one attached hydrogen (secondary N) is 1. The molecule has 0 unspecified atom stereocenters. The number of rotatable bonds is 1. The standard InChI is InChI=1S/C10H9ClN2/c11-10-7-4-8-13(12-10)9-5-2-1-3-6-9/h1-8,12H. The Morgan fingerprint density at radius 2 is 1.92 bits per heavy atom. The molecule has 0 amide bonds. The fourth-order valence-corrected chi connectivity index (χ4v) is 1.31. The second-order valence-corrected chi connectivity index (χ2v) is 3.08. The van der Waals surface area contributed by atoms with Crippen molar-refractivity contribution in [2.75, 3.05) is 5.01 Å². The smallest absolute Gasteiger partial charge is 0.121 e. The van der Waals surface area contributed by atoms with Crippen LogP contribution in [0.5, 0.6) is 0 Å². The molecule has 1 aromatic carbocycles. The van der Waals surface area contributed by atoms with Gasteiger partial charge in [0.1, 0.15) is 5.16 Å². The Morgan fingerprint density at radius 3 is 2.62 bits per heavy atom. The Hall–Kier alpha value is -1.41. The number of halogens is 1. The molecule has 13 heavy (non-hydrogen) atoms. The third kappa shape index (κ3) is 1.84. The highest BCUT2D eigenvalue weighted by atomic mass is 35.5. The van der Waals surface area contributed by atoms with Crippen LogP contribution >= 0.6 is 11.6 Å². The molecule has 0 spiro atoms. The normalized spacial score (nSPS) is 15.2. The second-order valence-electron chi connectivity index (χ2n) is 2.67. The quantitative estimate of drug-likeness (QED) is 0.689. The lowest BCUT2D eigenvalue weighted by atomic mass is 10.3. The van der Waals surface area contributed by atoms with Gasteiger partial charge in [0.15, 0.2) is 0 Å². The minimum atomic E-state index is 0.617. The molecule has 0 saturated heterocycles. The highest BCUT2D eigenvalue weighted by Gasteiger charge is 2.04. The van der Waals surface area contributed by atoms with Gasteiger partial charge in [0, 0.05) is 6.20 Å². The van der Waals surface area contributed by atoms with Gasteiger partial charge < -0.3 is 0 Å². The lowest BCUT2D eigenvalue weighted by Gasteiger charge is -2.23. The maximum Gasteiger partial charge on any atom is 0.121 e. The highest BCUT2D eigenvalue weighted by molar-refractivity contribution is 6.29. The number of hydrogen-bond acceptors (Lipinski definition) is 2. The van der Waals surface area contributed by atoms with Crippen molar-refractivity contribution in [3.8, 4) is 0 Å². The minimum Gasteiger partial charge on any atom is -0.283 e. The molecular formula is C10H9ClN2. The van der Waals surface area contributed by atoms with E-state index in [4.69, 9.17) is 11.6 Å². The molecule has 2 nitrogen and oxygen atoms in total. The summed E-state index contributed by atoms with van der Waals surface area (Å²) in [6.07, 6.45) is 5.62. The fourth-order valence-electron chi connectivity index (χ4n) is 1.14. The fraction of sp³-hybridized carbons (Fsp3) is 0. The number of hydrogen-bond donors (Lipinski definition) is 1. The van der Waals surface area contributed by atoms with E-state index in [-0.39, 0.29) is 0 Å². The van der Waals surface area contributed by atoms with Crippen LogP contribution < -0.4 is 10.4 Å². The molecule has 0 aromatic heterocycles. The molecule has 0 bridgehead atoms. The van der Waals surface area contributed by atoms with Crippen molar-refractivity contribution >= 4 is 17.3 Å². The summed E-state index contributed by atoms with van der Waals surface area (Å²) in [5.74, 6) is 0. The maximum absolute atomic E-state index is 5.82. The second kappa shape index (κ2) is 3.54. The molecule has 0 aliphatic carbocycles. The largest absolute Gasteiger partial charge is 0.283 e. The third-order valence-corrected chi connectivity index (χ3v) is 1.95. The van der Waals surface area contributed by atoms with Gasteiger partial charge >= 0.3 is 0 Å².